The Morgan fingerprint density at radius 1 is 1.04 bits per heavy atom. The van der Waals surface area contributed by atoms with E-state index in [0.717, 1.165) is 30.5 Å². The van der Waals surface area contributed by atoms with E-state index in [2.05, 4.69) is 17.5 Å². The average molecular weight is 310 g/mol. The largest absolute Gasteiger partial charge is 0.484 e. The number of para-hydroxylation sites is 1. The van der Waals surface area contributed by atoms with Gasteiger partial charge in [-0.2, -0.15) is 5.10 Å². The first-order valence-corrected chi connectivity index (χ1v) is 7.88. The van der Waals surface area contributed by atoms with Crippen LogP contribution in [0.25, 0.3) is 0 Å². The van der Waals surface area contributed by atoms with Crippen molar-refractivity contribution in [1.82, 2.24) is 5.43 Å². The lowest BCUT2D eigenvalue weighted by Crippen LogP contribution is -2.26. The van der Waals surface area contributed by atoms with E-state index >= 15 is 0 Å². The second-order valence-corrected chi connectivity index (χ2v) is 5.16. The number of hydrazone groups is 1. The molecule has 0 aliphatic rings. The van der Waals surface area contributed by atoms with Crippen molar-refractivity contribution in [2.24, 2.45) is 5.10 Å². The zero-order chi connectivity index (χ0) is 16.3. The molecule has 0 saturated heterocycles. The summed E-state index contributed by atoms with van der Waals surface area (Å²) in [5.41, 5.74) is 4.51. The predicted octanol–water partition coefficient (Wildman–Crippen LogP) is 3.78. The van der Waals surface area contributed by atoms with Gasteiger partial charge in [0.15, 0.2) is 6.61 Å². The van der Waals surface area contributed by atoms with E-state index in [1.165, 1.54) is 0 Å². The fraction of sp³-hybridized carbons (Fsp3) is 0.263. The number of carbonyl (C=O) groups is 1. The lowest BCUT2D eigenvalue weighted by molar-refractivity contribution is -0.123. The number of ether oxygens (including phenoxy) is 1. The van der Waals surface area contributed by atoms with Gasteiger partial charge in [0.25, 0.3) is 5.91 Å². The van der Waals surface area contributed by atoms with Crippen LogP contribution in [-0.4, -0.2) is 18.2 Å². The molecule has 0 fully saturated rings. The van der Waals surface area contributed by atoms with Crippen molar-refractivity contribution < 1.29 is 9.53 Å². The van der Waals surface area contributed by atoms with Crippen molar-refractivity contribution >= 4 is 11.6 Å². The average Bonchev–Trinajstić information content (AvgIpc) is 2.61. The van der Waals surface area contributed by atoms with Crippen LogP contribution >= 0.6 is 0 Å². The van der Waals surface area contributed by atoms with Gasteiger partial charge < -0.3 is 4.74 Å². The van der Waals surface area contributed by atoms with E-state index in [1.54, 1.807) is 0 Å². The molecule has 23 heavy (non-hydrogen) atoms. The van der Waals surface area contributed by atoms with Crippen LogP contribution in [0.5, 0.6) is 5.75 Å². The van der Waals surface area contributed by atoms with Gasteiger partial charge in [-0.15, -0.1) is 0 Å². The molecule has 120 valence electrons. The standard InChI is InChI=1S/C19H22N2O2/c1-2-3-14-18(16-10-6-4-7-11-16)20-21-19(22)15-23-17-12-8-5-9-13-17/h4-13H,2-3,14-15H2,1H3,(H,21,22). The molecule has 4 heteroatoms. The SMILES string of the molecule is CCCCC(=NNC(=O)COc1ccccc1)c1ccccc1. The Balaban J connectivity index is 1.92. The van der Waals surface area contributed by atoms with Crippen LogP contribution in [0.15, 0.2) is 65.8 Å². The Morgan fingerprint density at radius 3 is 2.35 bits per heavy atom. The van der Waals surface area contributed by atoms with Gasteiger partial charge in [-0.05, 0) is 30.5 Å². The van der Waals surface area contributed by atoms with Gasteiger partial charge in [0.2, 0.25) is 0 Å². The molecule has 0 unspecified atom stereocenters. The highest BCUT2D eigenvalue weighted by Gasteiger charge is 2.05. The van der Waals surface area contributed by atoms with Gasteiger partial charge >= 0.3 is 0 Å². The number of hydrogen-bond donors (Lipinski definition) is 1. The summed E-state index contributed by atoms with van der Waals surface area (Å²) in [4.78, 5) is 11.9. The molecule has 0 saturated carbocycles. The first-order chi connectivity index (χ1) is 11.3. The third-order valence-corrected chi connectivity index (χ3v) is 3.30. The van der Waals surface area contributed by atoms with Crippen LogP contribution in [0.3, 0.4) is 0 Å². The number of nitrogens with zero attached hydrogens (tertiary/aromatic N) is 1. The number of nitrogens with one attached hydrogen (secondary N) is 1. The molecule has 0 aliphatic heterocycles. The zero-order valence-electron chi connectivity index (χ0n) is 13.4. The lowest BCUT2D eigenvalue weighted by Gasteiger charge is -2.08. The summed E-state index contributed by atoms with van der Waals surface area (Å²) in [6.07, 6.45) is 2.95. The molecule has 4 nitrogen and oxygen atoms in total. The van der Waals surface area contributed by atoms with E-state index < -0.39 is 0 Å². The Morgan fingerprint density at radius 2 is 1.70 bits per heavy atom. The van der Waals surface area contributed by atoms with E-state index in [0.29, 0.717) is 5.75 Å². The summed E-state index contributed by atoms with van der Waals surface area (Å²) in [5, 5.41) is 4.28. The van der Waals surface area contributed by atoms with Crippen LogP contribution in [0, 0.1) is 0 Å². The second kappa shape index (κ2) is 9.41. The molecule has 2 aromatic carbocycles. The Bertz CT molecular complexity index is 624. The minimum absolute atomic E-state index is 0.0522. The maximum atomic E-state index is 11.9. The third kappa shape index (κ3) is 5.94. The maximum Gasteiger partial charge on any atom is 0.277 e. The molecule has 2 rings (SSSR count). The van der Waals surface area contributed by atoms with E-state index in [-0.39, 0.29) is 12.5 Å². The number of benzene rings is 2. The van der Waals surface area contributed by atoms with Crippen LogP contribution in [0.1, 0.15) is 31.7 Å². The topological polar surface area (TPSA) is 50.7 Å². The van der Waals surface area contributed by atoms with E-state index in [9.17, 15) is 4.79 Å². The summed E-state index contributed by atoms with van der Waals surface area (Å²) < 4.78 is 5.41. The maximum absolute atomic E-state index is 11.9. The summed E-state index contributed by atoms with van der Waals surface area (Å²) in [7, 11) is 0. The molecular weight excluding hydrogens is 288 g/mol. The number of unbranched alkanes of at least 4 members (excludes halogenated alkanes) is 1. The Kier molecular flexibility index (Phi) is 6.85. The van der Waals surface area contributed by atoms with Gasteiger partial charge in [0, 0.05) is 0 Å². The fourth-order valence-electron chi connectivity index (χ4n) is 2.07. The molecule has 1 amide bonds. The van der Waals surface area contributed by atoms with E-state index in [1.807, 2.05) is 60.7 Å². The molecule has 0 spiro atoms. The van der Waals surface area contributed by atoms with Crippen LogP contribution in [-0.2, 0) is 4.79 Å². The van der Waals surface area contributed by atoms with Crippen LogP contribution in [0.2, 0.25) is 0 Å². The Hall–Kier alpha value is -2.62. The first-order valence-electron chi connectivity index (χ1n) is 7.88. The third-order valence-electron chi connectivity index (χ3n) is 3.30. The van der Waals surface area contributed by atoms with Gasteiger partial charge in [-0.25, -0.2) is 5.43 Å². The van der Waals surface area contributed by atoms with Crippen molar-refractivity contribution in [3.05, 3.63) is 66.2 Å². The minimum Gasteiger partial charge on any atom is -0.484 e. The normalized spacial score (nSPS) is 11.1. The zero-order valence-corrected chi connectivity index (χ0v) is 13.4. The summed E-state index contributed by atoms with van der Waals surface area (Å²) in [6.45, 7) is 2.08. The van der Waals surface area contributed by atoms with Gasteiger partial charge in [-0.1, -0.05) is 61.9 Å². The summed E-state index contributed by atoms with van der Waals surface area (Å²) in [5.74, 6) is 0.402. The molecule has 0 atom stereocenters. The van der Waals surface area contributed by atoms with Gasteiger partial charge in [0.1, 0.15) is 5.75 Å². The monoisotopic (exact) mass is 310 g/mol. The van der Waals surface area contributed by atoms with Crippen molar-refractivity contribution in [1.29, 1.82) is 0 Å². The fourth-order valence-corrected chi connectivity index (χ4v) is 2.07. The van der Waals surface area contributed by atoms with Crippen LogP contribution in [0.4, 0.5) is 0 Å². The number of amides is 1. The molecule has 0 bridgehead atoms. The van der Waals surface area contributed by atoms with Crippen molar-refractivity contribution in [2.45, 2.75) is 26.2 Å². The molecule has 0 radical (unpaired) electrons. The first kappa shape index (κ1) is 16.7. The molecule has 0 aromatic heterocycles. The van der Waals surface area contributed by atoms with Crippen molar-refractivity contribution in [3.63, 3.8) is 0 Å². The Labute approximate surface area is 137 Å². The minimum atomic E-state index is -0.265. The predicted molar refractivity (Wildman–Crippen MR) is 92.6 cm³/mol. The van der Waals surface area contributed by atoms with Gasteiger partial charge in [-0.3, -0.25) is 4.79 Å². The summed E-state index contributed by atoms with van der Waals surface area (Å²) in [6, 6.07) is 19.2. The van der Waals surface area contributed by atoms with E-state index in [4.69, 9.17) is 4.74 Å². The summed E-state index contributed by atoms with van der Waals surface area (Å²) >= 11 is 0. The van der Waals surface area contributed by atoms with Crippen molar-refractivity contribution in [3.8, 4) is 5.75 Å². The molecule has 0 heterocycles. The van der Waals surface area contributed by atoms with Crippen LogP contribution < -0.4 is 10.2 Å². The molecular formula is C19H22N2O2. The van der Waals surface area contributed by atoms with Crippen molar-refractivity contribution in [2.75, 3.05) is 6.61 Å². The number of rotatable bonds is 8. The molecule has 2 aromatic rings. The highest BCUT2D eigenvalue weighted by molar-refractivity contribution is 6.01. The van der Waals surface area contributed by atoms with Gasteiger partial charge in [0.05, 0.1) is 5.71 Å². The number of carbonyl (C=O) groups excluding carboxylic acids is 1. The number of hydrogen-bond acceptors (Lipinski definition) is 3. The smallest absolute Gasteiger partial charge is 0.277 e. The second-order valence-electron chi connectivity index (χ2n) is 5.16. The highest BCUT2D eigenvalue weighted by atomic mass is 16.5. The quantitative estimate of drug-likeness (QED) is 0.596. The highest BCUT2D eigenvalue weighted by Crippen LogP contribution is 2.09. The lowest BCUT2D eigenvalue weighted by atomic mass is 10.1. The molecule has 0 aliphatic carbocycles. The molecule has 1 N–H and O–H groups in total.